The van der Waals surface area contributed by atoms with Crippen LogP contribution in [0.15, 0.2) is 12.1 Å². The fourth-order valence-electron chi connectivity index (χ4n) is 3.87. The van der Waals surface area contributed by atoms with Crippen molar-refractivity contribution in [3.05, 3.63) is 29.1 Å². The highest BCUT2D eigenvalue weighted by Crippen LogP contribution is 2.33. The zero-order chi connectivity index (χ0) is 18.4. The zero-order valence-corrected chi connectivity index (χ0v) is 15.3. The summed E-state index contributed by atoms with van der Waals surface area (Å²) in [5.74, 6) is -1.69. The van der Waals surface area contributed by atoms with E-state index in [1.54, 1.807) is 0 Å². The van der Waals surface area contributed by atoms with Crippen LogP contribution in [0.5, 0.6) is 0 Å². The van der Waals surface area contributed by atoms with Gasteiger partial charge < -0.3 is 20.4 Å². The SMILES string of the molecule is Cl.O=C1c2cc(F)c(N3CCNCC3)cc2C(=O)N1C1CCC(O)NC1O. The molecule has 1 aromatic carbocycles. The van der Waals surface area contributed by atoms with Crippen molar-refractivity contribution in [3.8, 4) is 0 Å². The Bertz CT molecular complexity index is 759. The van der Waals surface area contributed by atoms with Crippen LogP contribution in [-0.2, 0) is 0 Å². The molecule has 10 heteroatoms. The van der Waals surface area contributed by atoms with Gasteiger partial charge in [0.15, 0.2) is 0 Å². The maximum atomic E-state index is 14.6. The first-order chi connectivity index (χ1) is 12.5. The maximum absolute atomic E-state index is 14.6. The molecule has 3 heterocycles. The van der Waals surface area contributed by atoms with Crippen LogP contribution in [0.2, 0.25) is 0 Å². The lowest BCUT2D eigenvalue weighted by Crippen LogP contribution is -2.58. The van der Waals surface area contributed by atoms with E-state index in [9.17, 15) is 24.2 Å². The molecule has 0 bridgehead atoms. The van der Waals surface area contributed by atoms with Crippen LogP contribution in [0.4, 0.5) is 10.1 Å². The Labute approximate surface area is 161 Å². The highest BCUT2D eigenvalue weighted by atomic mass is 35.5. The summed E-state index contributed by atoms with van der Waals surface area (Å²) in [6.07, 6.45) is -1.53. The van der Waals surface area contributed by atoms with Crippen LogP contribution in [0.3, 0.4) is 0 Å². The van der Waals surface area contributed by atoms with Crippen molar-refractivity contribution in [2.75, 3.05) is 31.1 Å². The molecule has 3 aliphatic rings. The van der Waals surface area contributed by atoms with Gasteiger partial charge in [-0.15, -0.1) is 12.4 Å². The lowest BCUT2D eigenvalue weighted by atomic mass is 10.0. The summed E-state index contributed by atoms with van der Waals surface area (Å²) in [5, 5.41) is 25.4. The normalized spacial score (nSPS) is 28.2. The molecule has 148 valence electrons. The van der Waals surface area contributed by atoms with Crippen molar-refractivity contribution >= 4 is 29.9 Å². The number of carbonyl (C=O) groups is 2. The number of nitrogens with zero attached hydrogens (tertiary/aromatic N) is 2. The van der Waals surface area contributed by atoms with Crippen LogP contribution in [-0.4, -0.2) is 71.6 Å². The lowest BCUT2D eigenvalue weighted by Gasteiger charge is -2.36. The number of anilines is 1. The molecule has 2 saturated heterocycles. The number of benzene rings is 1. The third-order valence-corrected chi connectivity index (χ3v) is 5.24. The Morgan fingerprint density at radius 1 is 1.04 bits per heavy atom. The predicted octanol–water partition coefficient (Wildman–Crippen LogP) is -0.358. The van der Waals surface area contributed by atoms with E-state index in [1.807, 2.05) is 4.90 Å². The van der Waals surface area contributed by atoms with Gasteiger partial charge in [-0.3, -0.25) is 19.8 Å². The molecular weight excluding hydrogens is 379 g/mol. The number of imide groups is 1. The second kappa shape index (κ2) is 7.69. The molecule has 4 N–H and O–H groups in total. The van der Waals surface area contributed by atoms with Crippen LogP contribution < -0.4 is 15.5 Å². The quantitative estimate of drug-likeness (QED) is 0.502. The minimum atomic E-state index is -1.22. The molecule has 3 aliphatic heterocycles. The smallest absolute Gasteiger partial charge is 0.262 e. The van der Waals surface area contributed by atoms with Crippen LogP contribution >= 0.6 is 12.4 Å². The van der Waals surface area contributed by atoms with Crippen molar-refractivity contribution in [3.63, 3.8) is 0 Å². The molecule has 2 amide bonds. The minimum absolute atomic E-state index is 0. The molecule has 27 heavy (non-hydrogen) atoms. The number of carbonyl (C=O) groups excluding carboxylic acids is 2. The van der Waals surface area contributed by atoms with Gasteiger partial charge in [-0.2, -0.15) is 0 Å². The maximum Gasteiger partial charge on any atom is 0.262 e. The fraction of sp³-hybridized carbons (Fsp3) is 0.529. The number of hydrogen-bond donors (Lipinski definition) is 4. The van der Waals surface area contributed by atoms with Crippen LogP contribution in [0.25, 0.3) is 0 Å². The molecule has 2 fully saturated rings. The van der Waals surface area contributed by atoms with E-state index >= 15 is 0 Å². The van der Waals surface area contributed by atoms with E-state index in [1.165, 1.54) is 6.07 Å². The first kappa shape index (κ1) is 20.0. The Balaban J connectivity index is 0.00000210. The Kier molecular flexibility index (Phi) is 5.68. The molecule has 1 aromatic rings. The molecular formula is C17H22ClFN4O4. The van der Waals surface area contributed by atoms with E-state index in [2.05, 4.69) is 10.6 Å². The number of fused-ring (bicyclic) bond motifs is 1. The second-order valence-corrected chi connectivity index (χ2v) is 6.84. The van der Waals surface area contributed by atoms with Gasteiger partial charge in [0.2, 0.25) is 0 Å². The summed E-state index contributed by atoms with van der Waals surface area (Å²) in [4.78, 5) is 28.3. The highest BCUT2D eigenvalue weighted by molar-refractivity contribution is 6.22. The predicted molar refractivity (Wildman–Crippen MR) is 97.4 cm³/mol. The second-order valence-electron chi connectivity index (χ2n) is 6.84. The third kappa shape index (κ3) is 3.41. The number of amides is 2. The molecule has 0 radical (unpaired) electrons. The Hall–Kier alpha value is -1.78. The Morgan fingerprint density at radius 2 is 1.67 bits per heavy atom. The highest BCUT2D eigenvalue weighted by Gasteiger charge is 2.45. The van der Waals surface area contributed by atoms with Crippen molar-refractivity contribution in [1.82, 2.24) is 15.5 Å². The lowest BCUT2D eigenvalue weighted by molar-refractivity contribution is -0.0413. The van der Waals surface area contributed by atoms with E-state index in [0.717, 1.165) is 24.1 Å². The van der Waals surface area contributed by atoms with Gasteiger partial charge in [-0.25, -0.2) is 4.39 Å². The average Bonchev–Trinajstić information content (AvgIpc) is 2.86. The molecule has 3 atom stereocenters. The summed E-state index contributed by atoms with van der Waals surface area (Å²) in [6, 6.07) is 1.76. The standard InChI is InChI=1S/C17H21FN4O4.ClH/c18-11-7-9-10(8-13(11)21-5-3-19-4-6-21)17(26)22(16(9)25)12-1-2-14(23)20-15(12)24;/h7-8,12,14-15,19-20,23-24H,1-6H2;1H. The van der Waals surface area contributed by atoms with Gasteiger partial charge in [-0.05, 0) is 25.0 Å². The van der Waals surface area contributed by atoms with Gasteiger partial charge >= 0.3 is 0 Å². The number of hydrogen-bond acceptors (Lipinski definition) is 7. The molecule has 0 aliphatic carbocycles. The first-order valence-corrected chi connectivity index (χ1v) is 8.76. The van der Waals surface area contributed by atoms with E-state index in [0.29, 0.717) is 25.2 Å². The van der Waals surface area contributed by atoms with Gasteiger partial charge in [0.05, 0.1) is 22.9 Å². The van der Waals surface area contributed by atoms with Gasteiger partial charge in [0.1, 0.15) is 18.3 Å². The number of halogens is 2. The van der Waals surface area contributed by atoms with Crippen molar-refractivity contribution in [2.24, 2.45) is 0 Å². The molecule has 0 saturated carbocycles. The van der Waals surface area contributed by atoms with E-state index in [-0.39, 0.29) is 30.0 Å². The van der Waals surface area contributed by atoms with Gasteiger partial charge in [0.25, 0.3) is 11.8 Å². The van der Waals surface area contributed by atoms with Crippen molar-refractivity contribution < 1.29 is 24.2 Å². The van der Waals surface area contributed by atoms with Gasteiger partial charge in [-0.1, -0.05) is 0 Å². The number of aliphatic hydroxyl groups is 2. The number of aliphatic hydroxyl groups excluding tert-OH is 2. The van der Waals surface area contributed by atoms with E-state index < -0.39 is 36.1 Å². The zero-order valence-electron chi connectivity index (χ0n) is 14.5. The summed E-state index contributed by atoms with van der Waals surface area (Å²) < 4.78 is 14.6. The molecule has 8 nitrogen and oxygen atoms in total. The summed E-state index contributed by atoms with van der Waals surface area (Å²) in [7, 11) is 0. The number of piperidine rings is 1. The topological polar surface area (TPSA) is 105 Å². The summed E-state index contributed by atoms with van der Waals surface area (Å²) >= 11 is 0. The van der Waals surface area contributed by atoms with Crippen molar-refractivity contribution in [2.45, 2.75) is 31.3 Å². The summed E-state index contributed by atoms with van der Waals surface area (Å²) in [5.41, 5.74) is 0.485. The van der Waals surface area contributed by atoms with Crippen molar-refractivity contribution in [1.29, 1.82) is 0 Å². The number of rotatable bonds is 2. The summed E-state index contributed by atoms with van der Waals surface area (Å²) in [6.45, 7) is 2.67. The van der Waals surface area contributed by atoms with E-state index in [4.69, 9.17) is 0 Å². The van der Waals surface area contributed by atoms with Crippen LogP contribution in [0.1, 0.15) is 33.6 Å². The fourth-order valence-corrected chi connectivity index (χ4v) is 3.87. The first-order valence-electron chi connectivity index (χ1n) is 8.76. The minimum Gasteiger partial charge on any atom is -0.379 e. The van der Waals surface area contributed by atoms with Gasteiger partial charge in [0, 0.05) is 26.2 Å². The monoisotopic (exact) mass is 400 g/mol. The molecule has 0 spiro atoms. The molecule has 3 unspecified atom stereocenters. The third-order valence-electron chi connectivity index (χ3n) is 5.24. The largest absolute Gasteiger partial charge is 0.379 e. The molecule has 0 aromatic heterocycles. The molecule has 4 rings (SSSR count). The van der Waals surface area contributed by atoms with Crippen LogP contribution in [0, 0.1) is 5.82 Å². The Morgan fingerprint density at radius 3 is 2.30 bits per heavy atom. The average molecular weight is 401 g/mol. The number of piperazine rings is 1. The number of nitrogens with one attached hydrogen (secondary N) is 2.